The lowest BCUT2D eigenvalue weighted by Gasteiger charge is -1.97. The average Bonchev–Trinajstić information content (AvgIpc) is 2.85. The van der Waals surface area contributed by atoms with Gasteiger partial charge in [0, 0.05) is 11.1 Å². The summed E-state index contributed by atoms with van der Waals surface area (Å²) in [5.41, 5.74) is 0.782. The van der Waals surface area contributed by atoms with Crippen molar-refractivity contribution in [2.24, 2.45) is 0 Å². The molecule has 0 bridgehead atoms. The largest absolute Gasteiger partial charge is 0.291 e. The molecule has 0 unspecified atom stereocenters. The van der Waals surface area contributed by atoms with Crippen LogP contribution >= 0.6 is 23.4 Å². The first-order valence-electron chi connectivity index (χ1n) is 5.98. The highest BCUT2D eigenvalue weighted by molar-refractivity contribution is 7.99. The van der Waals surface area contributed by atoms with E-state index in [2.05, 4.69) is 20.5 Å². The molecule has 1 aromatic carbocycles. The average molecular weight is 309 g/mol. The smallest absolute Gasteiger partial charge is 0.250 e. The molecule has 0 atom stereocenters. The molecule has 0 radical (unpaired) electrons. The Labute approximate surface area is 125 Å². The Kier molecular flexibility index (Phi) is 5.20. The third kappa shape index (κ3) is 4.11. The number of hydrogen-bond donors (Lipinski definition) is 2. The number of nitrogens with zero attached hydrogens (tertiary/aromatic N) is 2. The maximum Gasteiger partial charge on any atom is 0.250 e. The number of aromatic nitrogens is 3. The number of benzene rings is 1. The molecule has 0 saturated heterocycles. The molecular weight excluding hydrogens is 296 g/mol. The van der Waals surface area contributed by atoms with Gasteiger partial charge in [0.25, 0.3) is 5.91 Å². The number of amides is 1. The number of carbonyl (C=O) groups excluding carboxylic acids is 1. The Morgan fingerprint density at radius 1 is 1.50 bits per heavy atom. The number of thioether (sulfide) groups is 1. The minimum Gasteiger partial charge on any atom is -0.291 e. The predicted molar refractivity (Wildman–Crippen MR) is 81.9 cm³/mol. The molecule has 1 aromatic heterocycles. The number of H-pyrrole nitrogens is 1. The molecule has 0 fully saturated rings. The van der Waals surface area contributed by atoms with Crippen molar-refractivity contribution in [3.8, 4) is 0 Å². The van der Waals surface area contributed by atoms with Gasteiger partial charge in [0.15, 0.2) is 0 Å². The summed E-state index contributed by atoms with van der Waals surface area (Å²) in [6, 6.07) is 7.29. The van der Waals surface area contributed by atoms with Gasteiger partial charge in [0.2, 0.25) is 11.1 Å². The van der Waals surface area contributed by atoms with Gasteiger partial charge < -0.3 is 0 Å². The first-order chi connectivity index (χ1) is 9.69. The Bertz CT molecular complexity index is 626. The number of aromatic amines is 1. The van der Waals surface area contributed by atoms with Crippen molar-refractivity contribution >= 4 is 41.3 Å². The van der Waals surface area contributed by atoms with Crippen LogP contribution in [0, 0.1) is 0 Å². The van der Waals surface area contributed by atoms with Gasteiger partial charge in [0.1, 0.15) is 0 Å². The quantitative estimate of drug-likeness (QED) is 0.657. The lowest BCUT2D eigenvalue weighted by molar-refractivity contribution is -0.111. The molecule has 0 saturated carbocycles. The van der Waals surface area contributed by atoms with E-state index in [4.69, 9.17) is 11.6 Å². The summed E-state index contributed by atoms with van der Waals surface area (Å²) in [5.74, 6) is 0.904. The molecule has 7 heteroatoms. The second-order valence-corrected chi connectivity index (χ2v) is 5.38. The lowest BCUT2D eigenvalue weighted by Crippen LogP contribution is -2.09. The summed E-state index contributed by atoms with van der Waals surface area (Å²) in [6.07, 6.45) is 3.05. The summed E-state index contributed by atoms with van der Waals surface area (Å²) < 4.78 is 0. The van der Waals surface area contributed by atoms with Gasteiger partial charge in [-0.2, -0.15) is 4.98 Å². The fraction of sp³-hybridized carbons (Fsp3) is 0.154. The molecule has 0 aliphatic carbocycles. The van der Waals surface area contributed by atoms with Crippen molar-refractivity contribution < 1.29 is 4.79 Å². The summed E-state index contributed by atoms with van der Waals surface area (Å²) in [4.78, 5) is 15.8. The van der Waals surface area contributed by atoms with Crippen molar-refractivity contribution in [1.29, 1.82) is 0 Å². The zero-order chi connectivity index (χ0) is 14.4. The van der Waals surface area contributed by atoms with Gasteiger partial charge in [-0.15, -0.1) is 5.10 Å². The van der Waals surface area contributed by atoms with Gasteiger partial charge in [-0.25, -0.2) is 5.10 Å². The zero-order valence-corrected chi connectivity index (χ0v) is 12.3. The highest BCUT2D eigenvalue weighted by Gasteiger charge is 2.05. The van der Waals surface area contributed by atoms with Crippen LogP contribution in [0.1, 0.15) is 12.5 Å². The van der Waals surface area contributed by atoms with Crippen LogP contribution in [-0.4, -0.2) is 26.8 Å². The molecule has 2 aromatic rings. The van der Waals surface area contributed by atoms with Crippen LogP contribution in [0.25, 0.3) is 6.08 Å². The number of halogens is 1. The van der Waals surface area contributed by atoms with Gasteiger partial charge in [0.05, 0.1) is 0 Å². The van der Waals surface area contributed by atoms with Crippen LogP contribution in [0.15, 0.2) is 35.5 Å². The lowest BCUT2D eigenvalue weighted by atomic mass is 10.2. The molecule has 5 nitrogen and oxygen atoms in total. The SMILES string of the molecule is CCSc1n[nH]c(NC(=O)/C=C/c2ccccc2Cl)n1. The minimum atomic E-state index is -0.297. The first kappa shape index (κ1) is 14.6. The maximum absolute atomic E-state index is 11.7. The highest BCUT2D eigenvalue weighted by atomic mass is 35.5. The predicted octanol–water partition coefficient (Wildman–Crippen LogP) is 3.22. The molecule has 1 heterocycles. The van der Waals surface area contributed by atoms with Crippen LogP contribution in [0.3, 0.4) is 0 Å². The summed E-state index contributed by atoms with van der Waals surface area (Å²) in [7, 11) is 0. The van der Waals surface area contributed by atoms with Crippen LogP contribution in [0.4, 0.5) is 5.95 Å². The Hall–Kier alpha value is -1.79. The molecule has 104 valence electrons. The number of hydrogen-bond acceptors (Lipinski definition) is 4. The van der Waals surface area contributed by atoms with Crippen molar-refractivity contribution in [1.82, 2.24) is 15.2 Å². The Morgan fingerprint density at radius 3 is 3.05 bits per heavy atom. The number of nitrogens with one attached hydrogen (secondary N) is 2. The molecule has 2 N–H and O–H groups in total. The molecule has 1 amide bonds. The van der Waals surface area contributed by atoms with Gasteiger partial charge in [-0.05, 0) is 23.5 Å². The second kappa shape index (κ2) is 7.12. The third-order valence-electron chi connectivity index (χ3n) is 2.30. The van der Waals surface area contributed by atoms with E-state index in [0.29, 0.717) is 16.1 Å². The van der Waals surface area contributed by atoms with E-state index in [9.17, 15) is 4.79 Å². The van der Waals surface area contributed by atoms with Crippen molar-refractivity contribution in [2.45, 2.75) is 12.1 Å². The highest BCUT2D eigenvalue weighted by Crippen LogP contribution is 2.16. The van der Waals surface area contributed by atoms with Gasteiger partial charge in [-0.1, -0.05) is 48.5 Å². The Balaban J connectivity index is 1.96. The summed E-state index contributed by atoms with van der Waals surface area (Å²) >= 11 is 7.49. The van der Waals surface area contributed by atoms with E-state index in [0.717, 1.165) is 11.3 Å². The van der Waals surface area contributed by atoms with E-state index >= 15 is 0 Å². The molecular formula is C13H13ClN4OS. The number of carbonyl (C=O) groups is 1. The summed E-state index contributed by atoms with van der Waals surface area (Å²) in [5, 5.41) is 10.4. The van der Waals surface area contributed by atoms with Gasteiger partial charge in [-0.3, -0.25) is 10.1 Å². The van der Waals surface area contributed by atoms with Gasteiger partial charge >= 0.3 is 0 Å². The molecule has 0 spiro atoms. The van der Waals surface area contributed by atoms with E-state index in [1.165, 1.54) is 17.8 Å². The minimum absolute atomic E-state index is 0.297. The van der Waals surface area contributed by atoms with E-state index in [-0.39, 0.29) is 5.91 Å². The number of anilines is 1. The van der Waals surface area contributed by atoms with Crippen molar-refractivity contribution in [2.75, 3.05) is 11.1 Å². The first-order valence-corrected chi connectivity index (χ1v) is 7.34. The fourth-order valence-electron chi connectivity index (χ4n) is 1.43. The Morgan fingerprint density at radius 2 is 2.30 bits per heavy atom. The standard InChI is InChI=1S/C13H13ClN4OS/c1-2-20-13-16-12(17-18-13)15-11(19)8-7-9-5-3-4-6-10(9)14/h3-8H,2H2,1H3,(H2,15,16,17,18,19)/b8-7+. The monoisotopic (exact) mass is 308 g/mol. The van der Waals surface area contributed by atoms with E-state index in [1.807, 2.05) is 25.1 Å². The molecule has 20 heavy (non-hydrogen) atoms. The van der Waals surface area contributed by atoms with Crippen LogP contribution in [0.2, 0.25) is 5.02 Å². The zero-order valence-electron chi connectivity index (χ0n) is 10.8. The maximum atomic E-state index is 11.7. The van der Waals surface area contributed by atoms with Crippen LogP contribution in [-0.2, 0) is 4.79 Å². The normalized spacial score (nSPS) is 10.9. The topological polar surface area (TPSA) is 70.7 Å². The molecule has 0 aliphatic rings. The fourth-order valence-corrected chi connectivity index (χ4v) is 2.15. The number of rotatable bonds is 5. The van der Waals surface area contributed by atoms with E-state index < -0.39 is 0 Å². The summed E-state index contributed by atoms with van der Waals surface area (Å²) in [6.45, 7) is 2.01. The third-order valence-corrected chi connectivity index (χ3v) is 3.37. The molecule has 0 aliphatic heterocycles. The van der Waals surface area contributed by atoms with E-state index in [1.54, 1.807) is 12.1 Å². The molecule has 2 rings (SSSR count). The van der Waals surface area contributed by atoms with Crippen LogP contribution < -0.4 is 5.32 Å². The van der Waals surface area contributed by atoms with Crippen molar-refractivity contribution in [3.63, 3.8) is 0 Å². The van der Waals surface area contributed by atoms with Crippen molar-refractivity contribution in [3.05, 3.63) is 40.9 Å². The second-order valence-electron chi connectivity index (χ2n) is 3.74. The van der Waals surface area contributed by atoms with Crippen LogP contribution in [0.5, 0.6) is 0 Å².